The second kappa shape index (κ2) is 8.58. The molecule has 3 fully saturated rings. The molecule has 0 radical (unpaired) electrons. The number of carbonyl (C=O) groups excluding carboxylic acids is 4. The van der Waals surface area contributed by atoms with Gasteiger partial charge in [-0.2, -0.15) is 0 Å². The van der Waals surface area contributed by atoms with Gasteiger partial charge in [0.25, 0.3) is 0 Å². The summed E-state index contributed by atoms with van der Waals surface area (Å²) < 4.78 is 11.0. The summed E-state index contributed by atoms with van der Waals surface area (Å²) in [6.07, 6.45) is 4.69. The molecule has 0 aromatic rings. The Bertz CT molecular complexity index is 937. The van der Waals surface area contributed by atoms with Crippen molar-refractivity contribution in [2.24, 2.45) is 34.5 Å². The third kappa shape index (κ3) is 3.57. The van der Waals surface area contributed by atoms with Crippen LogP contribution in [0.3, 0.4) is 0 Å². The van der Waals surface area contributed by atoms with Crippen molar-refractivity contribution in [1.29, 1.82) is 0 Å². The highest BCUT2D eigenvalue weighted by molar-refractivity contribution is 5.93. The van der Waals surface area contributed by atoms with Crippen LogP contribution in [-0.4, -0.2) is 46.9 Å². The van der Waals surface area contributed by atoms with E-state index in [4.69, 9.17) is 9.47 Å². The molecule has 8 atom stereocenters. The average molecular weight is 475 g/mol. The highest BCUT2D eigenvalue weighted by Crippen LogP contribution is 2.69. The third-order valence-corrected chi connectivity index (χ3v) is 9.77. The first-order valence-corrected chi connectivity index (χ1v) is 12.7. The molecule has 7 nitrogen and oxygen atoms in total. The molecule has 0 bridgehead atoms. The molecule has 0 aliphatic heterocycles. The SMILES string of the molecule is CCC(=O)O[C@]1(C(=O)COC(C)=O)CC[C@H]2[C@@H]3C[C@H](C)C4=CC(=O)CC[C@]4(C)[C@H]3[C@@H](O)C[C@@]21C. The molecule has 34 heavy (non-hydrogen) atoms. The van der Waals surface area contributed by atoms with Crippen LogP contribution in [0.25, 0.3) is 0 Å². The number of allylic oxidation sites excluding steroid dienone is 1. The molecule has 0 aromatic carbocycles. The highest BCUT2D eigenvalue weighted by atomic mass is 16.6. The van der Waals surface area contributed by atoms with E-state index in [2.05, 4.69) is 13.8 Å². The summed E-state index contributed by atoms with van der Waals surface area (Å²) in [5.41, 5.74) is -1.29. The van der Waals surface area contributed by atoms with Gasteiger partial charge in [-0.3, -0.25) is 19.2 Å². The Kier molecular flexibility index (Phi) is 6.33. The van der Waals surface area contributed by atoms with E-state index in [1.54, 1.807) is 6.92 Å². The van der Waals surface area contributed by atoms with E-state index >= 15 is 0 Å². The lowest BCUT2D eigenvalue weighted by atomic mass is 9.44. The van der Waals surface area contributed by atoms with Gasteiger partial charge in [0.05, 0.1) is 6.10 Å². The number of Topliss-reactive ketones (excluding diaryl/α,β-unsaturated/α-hetero) is 1. The lowest BCUT2D eigenvalue weighted by Crippen LogP contribution is -2.63. The van der Waals surface area contributed by atoms with Crippen LogP contribution in [0.5, 0.6) is 0 Å². The van der Waals surface area contributed by atoms with Crippen molar-refractivity contribution in [3.05, 3.63) is 11.6 Å². The number of aliphatic hydroxyl groups is 1. The number of hydrogen-bond donors (Lipinski definition) is 1. The van der Waals surface area contributed by atoms with E-state index in [0.717, 1.165) is 18.4 Å². The van der Waals surface area contributed by atoms with Crippen molar-refractivity contribution < 1.29 is 33.8 Å². The standard InChI is InChI=1S/C27H38O7/c1-6-23(32)34-27(22(31)14-33-16(3)28)10-8-19-18-11-15(2)20-12-17(29)7-9-25(20,4)24(18)21(30)13-26(19,27)5/h12,15,18-19,21,24,30H,6-11,13-14H2,1-5H3/t15-,18-,19-,21-,24+,25-,26-,27-/m0/s1. The summed E-state index contributed by atoms with van der Waals surface area (Å²) in [4.78, 5) is 49.7. The first-order chi connectivity index (χ1) is 15.9. The van der Waals surface area contributed by atoms with Gasteiger partial charge in [-0.1, -0.05) is 33.3 Å². The Balaban J connectivity index is 1.75. The first kappa shape index (κ1) is 25.1. The Labute approximate surface area is 201 Å². The zero-order valence-electron chi connectivity index (χ0n) is 21.0. The van der Waals surface area contributed by atoms with Gasteiger partial charge in [-0.05, 0) is 67.3 Å². The van der Waals surface area contributed by atoms with Gasteiger partial charge in [0.15, 0.2) is 18.0 Å². The minimum atomic E-state index is -1.42. The molecule has 0 amide bonds. The molecule has 0 unspecified atom stereocenters. The van der Waals surface area contributed by atoms with E-state index < -0.39 is 41.4 Å². The van der Waals surface area contributed by atoms with Crippen molar-refractivity contribution in [1.82, 2.24) is 0 Å². The Morgan fingerprint density at radius 3 is 2.56 bits per heavy atom. The number of esters is 2. The molecule has 1 N–H and O–H groups in total. The second-order valence-electron chi connectivity index (χ2n) is 11.5. The van der Waals surface area contributed by atoms with E-state index in [-0.39, 0.29) is 41.3 Å². The lowest BCUT2D eigenvalue weighted by molar-refractivity contribution is -0.204. The molecule has 188 valence electrons. The number of ketones is 2. The smallest absolute Gasteiger partial charge is 0.306 e. The van der Waals surface area contributed by atoms with Gasteiger partial charge in [0.2, 0.25) is 5.78 Å². The van der Waals surface area contributed by atoms with Crippen LogP contribution in [0.4, 0.5) is 0 Å². The van der Waals surface area contributed by atoms with Crippen LogP contribution in [0.2, 0.25) is 0 Å². The van der Waals surface area contributed by atoms with Gasteiger partial charge in [-0.25, -0.2) is 0 Å². The van der Waals surface area contributed by atoms with Crippen LogP contribution in [0, 0.1) is 34.5 Å². The van der Waals surface area contributed by atoms with Gasteiger partial charge >= 0.3 is 11.9 Å². The zero-order valence-corrected chi connectivity index (χ0v) is 21.0. The number of hydrogen-bond acceptors (Lipinski definition) is 7. The predicted molar refractivity (Wildman–Crippen MR) is 123 cm³/mol. The van der Waals surface area contributed by atoms with Crippen molar-refractivity contribution >= 4 is 23.5 Å². The fourth-order valence-electron chi connectivity index (χ4n) is 8.34. The van der Waals surface area contributed by atoms with Gasteiger partial charge < -0.3 is 14.6 Å². The van der Waals surface area contributed by atoms with E-state index in [1.165, 1.54) is 6.92 Å². The molecule has 0 saturated heterocycles. The minimum absolute atomic E-state index is 0.0117. The van der Waals surface area contributed by atoms with Crippen LogP contribution in [0.1, 0.15) is 79.6 Å². The summed E-state index contributed by atoms with van der Waals surface area (Å²) >= 11 is 0. The van der Waals surface area contributed by atoms with Gasteiger partial charge in [0, 0.05) is 25.2 Å². The number of fused-ring (bicyclic) bond motifs is 5. The second-order valence-corrected chi connectivity index (χ2v) is 11.5. The van der Waals surface area contributed by atoms with Crippen LogP contribution >= 0.6 is 0 Å². The lowest BCUT2D eigenvalue weighted by Gasteiger charge is -2.62. The average Bonchev–Trinajstić information content (AvgIpc) is 3.05. The highest BCUT2D eigenvalue weighted by Gasteiger charge is 2.71. The van der Waals surface area contributed by atoms with E-state index in [9.17, 15) is 24.3 Å². The van der Waals surface area contributed by atoms with Crippen molar-refractivity contribution in [2.75, 3.05) is 6.61 Å². The molecular formula is C27H38O7. The largest absolute Gasteiger partial charge is 0.458 e. The van der Waals surface area contributed by atoms with Gasteiger partial charge in [-0.15, -0.1) is 0 Å². The Morgan fingerprint density at radius 1 is 1.21 bits per heavy atom. The number of rotatable bonds is 5. The van der Waals surface area contributed by atoms with Crippen molar-refractivity contribution in [2.45, 2.75) is 91.3 Å². The molecule has 4 aliphatic rings. The van der Waals surface area contributed by atoms with Crippen LogP contribution in [-0.2, 0) is 28.7 Å². The molecule has 4 aliphatic carbocycles. The summed E-state index contributed by atoms with van der Waals surface area (Å²) in [6, 6.07) is 0. The van der Waals surface area contributed by atoms with Gasteiger partial charge in [0.1, 0.15) is 0 Å². The molecule has 3 saturated carbocycles. The fourth-order valence-corrected chi connectivity index (χ4v) is 8.34. The molecule has 0 aromatic heterocycles. The summed E-state index contributed by atoms with van der Waals surface area (Å²) in [5, 5.41) is 11.6. The van der Waals surface area contributed by atoms with Crippen molar-refractivity contribution in [3.8, 4) is 0 Å². The maximum Gasteiger partial charge on any atom is 0.306 e. The fraction of sp³-hybridized carbons (Fsp3) is 0.778. The Morgan fingerprint density at radius 2 is 1.91 bits per heavy atom. The van der Waals surface area contributed by atoms with Crippen LogP contribution < -0.4 is 0 Å². The molecule has 0 heterocycles. The third-order valence-electron chi connectivity index (χ3n) is 9.77. The predicted octanol–water partition coefficient (Wildman–Crippen LogP) is 3.56. The number of ether oxygens (including phenoxy) is 2. The van der Waals surface area contributed by atoms with E-state index in [0.29, 0.717) is 25.7 Å². The van der Waals surface area contributed by atoms with E-state index in [1.807, 2.05) is 13.0 Å². The summed E-state index contributed by atoms with van der Waals surface area (Å²) in [6.45, 7) is 8.81. The summed E-state index contributed by atoms with van der Waals surface area (Å²) in [5.74, 6) is -0.858. The maximum absolute atomic E-state index is 13.6. The summed E-state index contributed by atoms with van der Waals surface area (Å²) in [7, 11) is 0. The maximum atomic E-state index is 13.6. The first-order valence-electron chi connectivity index (χ1n) is 12.7. The topological polar surface area (TPSA) is 107 Å². The monoisotopic (exact) mass is 474 g/mol. The number of aliphatic hydroxyl groups excluding tert-OH is 1. The molecule has 7 heteroatoms. The Hall–Kier alpha value is -2.02. The minimum Gasteiger partial charge on any atom is -0.458 e. The quantitative estimate of drug-likeness (QED) is 0.607. The normalized spacial score (nSPS) is 43.2. The number of carbonyl (C=O) groups is 4. The molecular weight excluding hydrogens is 436 g/mol. The molecule has 4 rings (SSSR count). The van der Waals surface area contributed by atoms with Crippen LogP contribution in [0.15, 0.2) is 11.6 Å². The van der Waals surface area contributed by atoms with Crippen molar-refractivity contribution in [3.63, 3.8) is 0 Å². The molecule has 0 spiro atoms. The zero-order chi connectivity index (χ0) is 25.1.